The van der Waals surface area contributed by atoms with E-state index in [4.69, 9.17) is 0 Å². The Kier molecular flexibility index (Phi) is 4.96. The molecule has 0 spiro atoms. The van der Waals surface area contributed by atoms with Crippen LogP contribution in [0.1, 0.15) is 10.4 Å². The van der Waals surface area contributed by atoms with Gasteiger partial charge in [0.25, 0.3) is 0 Å². The number of allylic oxidation sites excluding steroid dienone is 1. The van der Waals surface area contributed by atoms with E-state index in [0.29, 0.717) is 5.57 Å². The van der Waals surface area contributed by atoms with Crippen molar-refractivity contribution < 1.29 is 0 Å². The van der Waals surface area contributed by atoms with Crippen molar-refractivity contribution in [1.29, 1.82) is 5.26 Å². The molecule has 3 aromatic carbocycles. The Hall–Kier alpha value is -3.41. The van der Waals surface area contributed by atoms with E-state index in [0.717, 1.165) is 21.6 Å². The van der Waals surface area contributed by atoms with E-state index in [-0.39, 0.29) is 0 Å². The van der Waals surface area contributed by atoms with Gasteiger partial charge in [-0.1, -0.05) is 91.0 Å². The molecule has 0 amide bonds. The number of benzene rings is 3. The molecule has 0 aliphatic heterocycles. The fraction of sp³-hybridized carbons (Fsp3) is 0. The summed E-state index contributed by atoms with van der Waals surface area (Å²) in [6.07, 6.45) is 2.01. The lowest BCUT2D eigenvalue weighted by Crippen LogP contribution is -1.81. The Morgan fingerprint density at radius 2 is 1.30 bits per heavy atom. The van der Waals surface area contributed by atoms with Gasteiger partial charge in [0.1, 0.15) is 0 Å². The normalized spacial score (nSPS) is 11.1. The molecule has 0 unspecified atom stereocenters. The summed E-state index contributed by atoms with van der Waals surface area (Å²) in [5.41, 5.74) is 5.12. The first-order valence-corrected chi connectivity index (χ1v) is 9.59. The van der Waals surface area contributed by atoms with Crippen molar-refractivity contribution in [2.24, 2.45) is 0 Å². The third-order valence-electron chi connectivity index (χ3n) is 4.38. The Morgan fingerprint density at radius 1 is 0.741 bits per heavy atom. The second-order valence-corrected chi connectivity index (χ2v) is 7.24. The highest BCUT2D eigenvalue weighted by Gasteiger charge is 2.12. The molecule has 4 aromatic rings. The zero-order chi connectivity index (χ0) is 18.5. The maximum Gasteiger partial charge on any atom is 0.0998 e. The van der Waals surface area contributed by atoms with Gasteiger partial charge >= 0.3 is 0 Å². The van der Waals surface area contributed by atoms with Gasteiger partial charge in [-0.3, -0.25) is 0 Å². The molecular weight excluding hydrogens is 346 g/mol. The molecule has 0 N–H and O–H groups in total. The molecule has 0 saturated heterocycles. The summed E-state index contributed by atoms with van der Waals surface area (Å²) in [7, 11) is 0. The molecule has 1 nitrogen and oxygen atoms in total. The van der Waals surface area contributed by atoms with Gasteiger partial charge in [-0.05, 0) is 28.8 Å². The fourth-order valence-corrected chi connectivity index (χ4v) is 4.16. The Morgan fingerprint density at radius 3 is 1.89 bits per heavy atom. The molecule has 1 aromatic heterocycles. The van der Waals surface area contributed by atoms with Crippen molar-refractivity contribution in [3.63, 3.8) is 0 Å². The van der Waals surface area contributed by atoms with Gasteiger partial charge in [0, 0.05) is 15.3 Å². The molecule has 4 rings (SSSR count). The van der Waals surface area contributed by atoms with Crippen molar-refractivity contribution >= 4 is 23.0 Å². The van der Waals surface area contributed by atoms with E-state index in [2.05, 4.69) is 48.5 Å². The molecule has 128 valence electrons. The summed E-state index contributed by atoms with van der Waals surface area (Å²) >= 11 is 1.72. The summed E-state index contributed by atoms with van der Waals surface area (Å²) < 4.78 is 0. The smallest absolute Gasteiger partial charge is 0.0998 e. The highest BCUT2D eigenvalue weighted by atomic mass is 32.1. The fourth-order valence-electron chi connectivity index (χ4n) is 3.03. The van der Waals surface area contributed by atoms with Crippen LogP contribution in [0.25, 0.3) is 33.2 Å². The van der Waals surface area contributed by atoms with E-state index in [1.807, 2.05) is 60.7 Å². The van der Waals surface area contributed by atoms with Crippen LogP contribution in [-0.2, 0) is 0 Å². The highest BCUT2D eigenvalue weighted by molar-refractivity contribution is 7.17. The lowest BCUT2D eigenvalue weighted by Gasteiger charge is -2.02. The van der Waals surface area contributed by atoms with E-state index in [1.54, 1.807) is 11.3 Å². The van der Waals surface area contributed by atoms with Crippen molar-refractivity contribution in [1.82, 2.24) is 0 Å². The van der Waals surface area contributed by atoms with Crippen molar-refractivity contribution in [2.75, 3.05) is 0 Å². The van der Waals surface area contributed by atoms with Crippen molar-refractivity contribution in [2.45, 2.75) is 0 Å². The minimum Gasteiger partial charge on any atom is -0.192 e. The Bertz CT molecular complexity index is 1100. The Labute approximate surface area is 163 Å². The van der Waals surface area contributed by atoms with Gasteiger partial charge in [-0.2, -0.15) is 5.26 Å². The lowest BCUT2D eigenvalue weighted by atomic mass is 10.0. The van der Waals surface area contributed by atoms with Gasteiger partial charge in [-0.15, -0.1) is 11.3 Å². The lowest BCUT2D eigenvalue weighted by molar-refractivity contribution is 1.52. The number of rotatable bonds is 4. The zero-order valence-electron chi connectivity index (χ0n) is 14.7. The molecule has 0 bridgehead atoms. The van der Waals surface area contributed by atoms with Crippen LogP contribution in [0.5, 0.6) is 0 Å². The largest absolute Gasteiger partial charge is 0.192 e. The van der Waals surface area contributed by atoms with E-state index >= 15 is 0 Å². The van der Waals surface area contributed by atoms with Gasteiger partial charge in [0.2, 0.25) is 0 Å². The van der Waals surface area contributed by atoms with E-state index < -0.39 is 0 Å². The van der Waals surface area contributed by atoms with Gasteiger partial charge in [-0.25, -0.2) is 0 Å². The summed E-state index contributed by atoms with van der Waals surface area (Å²) in [6.45, 7) is 0. The molecule has 0 saturated carbocycles. The SMILES string of the molecule is N#C/C(=C/c1sc(-c2ccccc2)cc1-c1ccccc1)c1ccccc1. The first-order valence-electron chi connectivity index (χ1n) is 8.77. The van der Waals surface area contributed by atoms with Gasteiger partial charge in [0.15, 0.2) is 0 Å². The molecule has 0 fully saturated rings. The van der Waals surface area contributed by atoms with Crippen molar-refractivity contribution in [3.05, 3.63) is 108 Å². The van der Waals surface area contributed by atoms with E-state index in [1.165, 1.54) is 10.4 Å². The number of thiophene rings is 1. The predicted molar refractivity (Wildman–Crippen MR) is 115 cm³/mol. The number of hydrogen-bond donors (Lipinski definition) is 0. The number of nitrogens with zero attached hydrogens (tertiary/aromatic N) is 1. The molecule has 1 heterocycles. The zero-order valence-corrected chi connectivity index (χ0v) is 15.5. The van der Waals surface area contributed by atoms with Gasteiger partial charge < -0.3 is 0 Å². The first kappa shape index (κ1) is 17.0. The van der Waals surface area contributed by atoms with Crippen LogP contribution < -0.4 is 0 Å². The minimum atomic E-state index is 0.675. The predicted octanol–water partition coefficient (Wildman–Crippen LogP) is 7.15. The third-order valence-corrected chi connectivity index (χ3v) is 5.52. The summed E-state index contributed by atoms with van der Waals surface area (Å²) in [5, 5.41) is 9.71. The average Bonchev–Trinajstić information content (AvgIpc) is 3.18. The summed E-state index contributed by atoms with van der Waals surface area (Å²) in [6, 6.07) is 35.1. The van der Waals surface area contributed by atoms with Crippen LogP contribution in [0.4, 0.5) is 0 Å². The molecule has 27 heavy (non-hydrogen) atoms. The third kappa shape index (κ3) is 3.74. The van der Waals surface area contributed by atoms with Crippen LogP contribution in [-0.4, -0.2) is 0 Å². The maximum atomic E-state index is 9.71. The molecule has 0 aliphatic carbocycles. The van der Waals surface area contributed by atoms with Gasteiger partial charge in [0.05, 0.1) is 11.6 Å². The Balaban J connectivity index is 1.87. The van der Waals surface area contributed by atoms with Crippen LogP contribution >= 0.6 is 11.3 Å². The molecule has 0 aliphatic rings. The average molecular weight is 363 g/mol. The molecule has 0 radical (unpaired) electrons. The minimum absolute atomic E-state index is 0.675. The second kappa shape index (κ2) is 7.86. The second-order valence-electron chi connectivity index (χ2n) is 6.16. The van der Waals surface area contributed by atoms with Crippen LogP contribution in [0.15, 0.2) is 97.1 Å². The van der Waals surface area contributed by atoms with Crippen molar-refractivity contribution in [3.8, 4) is 27.6 Å². The van der Waals surface area contributed by atoms with Crippen LogP contribution in [0, 0.1) is 11.3 Å². The highest BCUT2D eigenvalue weighted by Crippen LogP contribution is 2.39. The standard InChI is InChI=1S/C25H17NS/c26-18-22(19-10-4-1-5-11-19)16-25-23(20-12-6-2-7-13-20)17-24(27-25)21-14-8-3-9-15-21/h1-17H/b22-16-. The molecule has 0 atom stereocenters. The molecule has 2 heteroatoms. The number of nitriles is 1. The van der Waals surface area contributed by atoms with E-state index in [9.17, 15) is 5.26 Å². The number of hydrogen-bond acceptors (Lipinski definition) is 2. The van der Waals surface area contributed by atoms with Crippen LogP contribution in [0.2, 0.25) is 0 Å². The maximum absolute atomic E-state index is 9.71. The summed E-state index contributed by atoms with van der Waals surface area (Å²) in [5.74, 6) is 0. The molecular formula is C25H17NS. The first-order chi connectivity index (χ1) is 13.3. The quantitative estimate of drug-likeness (QED) is 0.353. The monoisotopic (exact) mass is 363 g/mol. The van der Waals surface area contributed by atoms with Crippen LogP contribution in [0.3, 0.4) is 0 Å². The topological polar surface area (TPSA) is 23.8 Å². The summed E-state index contributed by atoms with van der Waals surface area (Å²) in [4.78, 5) is 2.30.